The lowest BCUT2D eigenvalue weighted by Crippen LogP contribution is -1.97. The molecule has 0 saturated heterocycles. The number of hydrogen-bond donors (Lipinski definition) is 0. The fourth-order valence-corrected chi connectivity index (χ4v) is 10.2. The minimum atomic E-state index is 0.512. The number of nitrogens with zero attached hydrogens (tertiary/aromatic N) is 4. The Kier molecular flexibility index (Phi) is 6.28. The van der Waals surface area contributed by atoms with Crippen LogP contribution >= 0.6 is 11.3 Å². The molecule has 0 fully saturated rings. The Morgan fingerprint density at radius 2 is 1.09 bits per heavy atom. The normalized spacial score (nSPS) is 11.9. The Balaban J connectivity index is 1.07. The van der Waals surface area contributed by atoms with Crippen LogP contribution in [0.1, 0.15) is 11.1 Å². The van der Waals surface area contributed by atoms with Crippen molar-refractivity contribution >= 4 is 97.1 Å². The van der Waals surface area contributed by atoms with E-state index in [2.05, 4.69) is 137 Å². The molecule has 0 amide bonds. The largest absolute Gasteiger partial charge is 0.454 e. The summed E-state index contributed by atoms with van der Waals surface area (Å²) >= 11 is 1.86. The lowest BCUT2D eigenvalue weighted by molar-refractivity contribution is 0.671. The van der Waals surface area contributed by atoms with E-state index in [0.29, 0.717) is 16.7 Å². The molecular weight excluding hydrogens is 705 g/mol. The van der Waals surface area contributed by atoms with E-state index in [0.717, 1.165) is 71.7 Å². The number of furan rings is 1. The molecule has 12 rings (SSSR count). The molecule has 6 heteroatoms. The third-order valence-electron chi connectivity index (χ3n) is 11.3. The Hall–Kier alpha value is -7.64. The molecule has 12 aromatic rings. The van der Waals surface area contributed by atoms with Gasteiger partial charge in [-0.3, -0.25) is 0 Å². The summed E-state index contributed by atoms with van der Waals surface area (Å²) in [5.41, 5.74) is 10.6. The van der Waals surface area contributed by atoms with Gasteiger partial charge in [0.1, 0.15) is 11.7 Å². The second-order valence-corrected chi connectivity index (χ2v) is 15.4. The molecule has 8 aromatic carbocycles. The summed E-state index contributed by atoms with van der Waals surface area (Å²) in [4.78, 5) is 0. The van der Waals surface area contributed by atoms with Gasteiger partial charge in [0.05, 0.1) is 44.6 Å². The molecule has 0 aliphatic rings. The molecule has 258 valence electrons. The maximum Gasteiger partial charge on any atom is 0.153 e. The summed E-state index contributed by atoms with van der Waals surface area (Å²) < 4.78 is 13.7. The monoisotopic (exact) mass is 730 g/mol. The number of fused-ring (bicyclic) bond motifs is 14. The van der Waals surface area contributed by atoms with Gasteiger partial charge in [0.2, 0.25) is 0 Å². The van der Waals surface area contributed by atoms with E-state index in [9.17, 15) is 10.5 Å². The summed E-state index contributed by atoms with van der Waals surface area (Å²) in [5.74, 6) is 0. The quantitative estimate of drug-likeness (QED) is 0.182. The molecule has 0 spiro atoms. The summed E-state index contributed by atoms with van der Waals surface area (Å²) in [6, 6.07) is 59.6. The zero-order chi connectivity index (χ0) is 37.1. The first-order valence-corrected chi connectivity index (χ1v) is 19.3. The fraction of sp³-hybridized carbons (Fsp3) is 0. The highest BCUT2D eigenvalue weighted by Gasteiger charge is 2.21. The van der Waals surface area contributed by atoms with Crippen molar-refractivity contribution in [2.45, 2.75) is 0 Å². The van der Waals surface area contributed by atoms with Crippen molar-refractivity contribution in [3.8, 4) is 34.6 Å². The van der Waals surface area contributed by atoms with Crippen molar-refractivity contribution in [1.82, 2.24) is 9.13 Å². The Bertz CT molecular complexity index is 3750. The van der Waals surface area contributed by atoms with Crippen LogP contribution in [0, 0.1) is 22.7 Å². The molecule has 56 heavy (non-hydrogen) atoms. The first kappa shape index (κ1) is 30.8. The predicted molar refractivity (Wildman–Crippen MR) is 230 cm³/mol. The van der Waals surface area contributed by atoms with Crippen LogP contribution in [0.2, 0.25) is 0 Å². The SMILES string of the molecule is N#Cc1cc(-c2cccc(-n3c4ccccc4c4c5sc6ccccc6c5ccc43)c2)cc(-n2c3ccccc3c3c4oc5c(C#N)cccc5c4ccc32)c1. The molecule has 0 saturated carbocycles. The molecule has 0 radical (unpaired) electrons. The summed E-state index contributed by atoms with van der Waals surface area (Å²) in [6.07, 6.45) is 0. The van der Waals surface area contributed by atoms with Crippen LogP contribution in [0.15, 0.2) is 162 Å². The van der Waals surface area contributed by atoms with Crippen LogP contribution in [0.25, 0.3) is 108 Å². The van der Waals surface area contributed by atoms with Gasteiger partial charge >= 0.3 is 0 Å². The summed E-state index contributed by atoms with van der Waals surface area (Å²) in [5, 5.41) is 29.2. The van der Waals surface area contributed by atoms with E-state index in [4.69, 9.17) is 4.42 Å². The summed E-state index contributed by atoms with van der Waals surface area (Å²) in [6.45, 7) is 0. The first-order valence-electron chi connectivity index (χ1n) is 18.5. The van der Waals surface area contributed by atoms with Crippen molar-refractivity contribution in [1.29, 1.82) is 10.5 Å². The van der Waals surface area contributed by atoms with Crippen LogP contribution in [0.3, 0.4) is 0 Å². The van der Waals surface area contributed by atoms with Crippen molar-refractivity contribution in [2.75, 3.05) is 0 Å². The van der Waals surface area contributed by atoms with Crippen molar-refractivity contribution in [3.63, 3.8) is 0 Å². The highest BCUT2D eigenvalue weighted by Crippen LogP contribution is 2.45. The van der Waals surface area contributed by atoms with E-state index < -0.39 is 0 Å². The van der Waals surface area contributed by atoms with E-state index >= 15 is 0 Å². The second-order valence-electron chi connectivity index (χ2n) is 14.3. The van der Waals surface area contributed by atoms with Gasteiger partial charge in [0, 0.05) is 58.5 Å². The molecule has 5 nitrogen and oxygen atoms in total. The average Bonchev–Trinajstić information content (AvgIpc) is 4.01. The topological polar surface area (TPSA) is 70.6 Å². The number of nitriles is 2. The third-order valence-corrected chi connectivity index (χ3v) is 12.5. The van der Waals surface area contributed by atoms with Crippen LogP contribution in [0.5, 0.6) is 0 Å². The van der Waals surface area contributed by atoms with Crippen LogP contribution in [-0.2, 0) is 0 Å². The molecule has 4 aromatic heterocycles. The number of thiophene rings is 1. The lowest BCUT2D eigenvalue weighted by Gasteiger charge is -2.13. The maximum atomic E-state index is 10.4. The highest BCUT2D eigenvalue weighted by atomic mass is 32.1. The first-order chi connectivity index (χ1) is 27.7. The highest BCUT2D eigenvalue weighted by molar-refractivity contribution is 7.26. The van der Waals surface area contributed by atoms with Gasteiger partial charge in [-0.15, -0.1) is 11.3 Å². The predicted octanol–water partition coefficient (Wildman–Crippen LogP) is 13.6. The Morgan fingerprint density at radius 3 is 1.89 bits per heavy atom. The van der Waals surface area contributed by atoms with E-state index in [-0.39, 0.29) is 0 Å². The number of para-hydroxylation sites is 3. The smallest absolute Gasteiger partial charge is 0.153 e. The average molecular weight is 731 g/mol. The third kappa shape index (κ3) is 4.16. The van der Waals surface area contributed by atoms with Gasteiger partial charge in [-0.05, 0) is 83.9 Å². The van der Waals surface area contributed by atoms with Gasteiger partial charge in [-0.2, -0.15) is 10.5 Å². The molecule has 0 aliphatic carbocycles. The molecule has 0 bridgehead atoms. The molecular formula is C50H26N4OS. The van der Waals surface area contributed by atoms with Gasteiger partial charge in [-0.1, -0.05) is 84.9 Å². The minimum Gasteiger partial charge on any atom is -0.454 e. The fourth-order valence-electron chi connectivity index (χ4n) is 8.98. The van der Waals surface area contributed by atoms with Gasteiger partial charge in [-0.25, -0.2) is 0 Å². The molecule has 0 unspecified atom stereocenters. The number of aromatic nitrogens is 2. The van der Waals surface area contributed by atoms with Crippen molar-refractivity contribution in [2.24, 2.45) is 0 Å². The number of hydrogen-bond acceptors (Lipinski definition) is 4. The zero-order valence-electron chi connectivity index (χ0n) is 29.6. The van der Waals surface area contributed by atoms with E-state index in [1.54, 1.807) is 6.07 Å². The maximum absolute atomic E-state index is 10.4. The van der Waals surface area contributed by atoms with E-state index in [1.807, 2.05) is 47.7 Å². The van der Waals surface area contributed by atoms with Crippen molar-refractivity contribution < 1.29 is 4.42 Å². The van der Waals surface area contributed by atoms with Gasteiger partial charge in [0.25, 0.3) is 0 Å². The number of benzene rings is 8. The Labute approximate surface area is 323 Å². The van der Waals surface area contributed by atoms with Crippen molar-refractivity contribution in [3.05, 3.63) is 169 Å². The van der Waals surface area contributed by atoms with Crippen LogP contribution in [-0.4, -0.2) is 9.13 Å². The van der Waals surface area contributed by atoms with Gasteiger partial charge < -0.3 is 13.6 Å². The number of rotatable bonds is 3. The standard InChI is InChI=1S/C50H26N4OS/c51-27-29-23-32(26-34(24-29)54-41-16-4-1-13-39(41)46-43(54)21-19-37-36-15-8-10-31(28-52)48(36)55-49(37)46)30-9-7-11-33(25-30)53-42-17-5-2-14-40(42)47-44(53)22-20-38-35-12-3-6-18-45(35)56-50(38)47/h1-26H. The van der Waals surface area contributed by atoms with Gasteiger partial charge in [0.15, 0.2) is 5.58 Å². The second kappa shape index (κ2) is 11.4. The molecule has 4 heterocycles. The van der Waals surface area contributed by atoms with Crippen LogP contribution in [0.4, 0.5) is 0 Å². The molecule has 0 atom stereocenters. The summed E-state index contributed by atoms with van der Waals surface area (Å²) in [7, 11) is 0. The molecule has 0 aliphatic heterocycles. The van der Waals surface area contributed by atoms with E-state index in [1.165, 1.54) is 30.9 Å². The lowest BCUT2D eigenvalue weighted by atomic mass is 10.0. The van der Waals surface area contributed by atoms with Crippen LogP contribution < -0.4 is 0 Å². The molecule has 0 N–H and O–H groups in total. The Morgan fingerprint density at radius 1 is 0.446 bits per heavy atom. The minimum absolute atomic E-state index is 0.512. The zero-order valence-corrected chi connectivity index (χ0v) is 30.4.